The van der Waals surface area contributed by atoms with Crippen molar-refractivity contribution >= 4 is 21.6 Å². The van der Waals surface area contributed by atoms with Crippen molar-refractivity contribution in [3.8, 4) is 0 Å². The topological polar surface area (TPSA) is 46.9 Å². The second-order valence-corrected chi connectivity index (χ2v) is 5.51. The van der Waals surface area contributed by atoms with Gasteiger partial charge < -0.3 is 5.32 Å². The van der Waals surface area contributed by atoms with Crippen LogP contribution in [0.5, 0.6) is 0 Å². The molecule has 2 rings (SSSR count). The summed E-state index contributed by atoms with van der Waals surface area (Å²) in [7, 11) is 0. The molecule has 0 aliphatic heterocycles. The zero-order valence-electron chi connectivity index (χ0n) is 10.4. The van der Waals surface area contributed by atoms with E-state index < -0.39 is 0 Å². The fourth-order valence-corrected chi connectivity index (χ4v) is 2.38. The highest BCUT2D eigenvalue weighted by Crippen LogP contribution is 2.27. The first-order valence-corrected chi connectivity index (χ1v) is 7.12. The van der Waals surface area contributed by atoms with Crippen molar-refractivity contribution in [2.24, 2.45) is 5.92 Å². The van der Waals surface area contributed by atoms with Crippen LogP contribution in [0.3, 0.4) is 0 Å². The summed E-state index contributed by atoms with van der Waals surface area (Å²) in [6.07, 6.45) is 8.05. The SMILES string of the molecule is C=CCCNc1c(Br)cnn(CC2CCC2)c1=O. The summed E-state index contributed by atoms with van der Waals surface area (Å²) in [4.78, 5) is 12.2. The Morgan fingerprint density at radius 2 is 2.39 bits per heavy atom. The monoisotopic (exact) mass is 311 g/mol. The first-order valence-electron chi connectivity index (χ1n) is 6.32. The molecule has 1 N–H and O–H groups in total. The van der Waals surface area contributed by atoms with E-state index >= 15 is 0 Å². The lowest BCUT2D eigenvalue weighted by molar-refractivity contribution is 0.262. The van der Waals surface area contributed by atoms with Crippen molar-refractivity contribution in [3.63, 3.8) is 0 Å². The molecule has 1 heterocycles. The van der Waals surface area contributed by atoms with Crippen LogP contribution in [0.1, 0.15) is 25.7 Å². The molecule has 5 heteroatoms. The lowest BCUT2D eigenvalue weighted by Gasteiger charge is -2.25. The van der Waals surface area contributed by atoms with Crippen LogP contribution in [-0.4, -0.2) is 16.3 Å². The third kappa shape index (κ3) is 3.02. The third-order valence-corrected chi connectivity index (χ3v) is 3.90. The smallest absolute Gasteiger partial charge is 0.291 e. The zero-order valence-corrected chi connectivity index (χ0v) is 11.9. The molecule has 0 amide bonds. The summed E-state index contributed by atoms with van der Waals surface area (Å²) < 4.78 is 2.30. The summed E-state index contributed by atoms with van der Waals surface area (Å²) in [5, 5.41) is 7.33. The van der Waals surface area contributed by atoms with Crippen LogP contribution in [0.4, 0.5) is 5.69 Å². The van der Waals surface area contributed by atoms with Crippen LogP contribution >= 0.6 is 15.9 Å². The highest BCUT2D eigenvalue weighted by Gasteiger charge is 2.19. The van der Waals surface area contributed by atoms with Gasteiger partial charge in [-0.2, -0.15) is 5.10 Å². The van der Waals surface area contributed by atoms with Gasteiger partial charge in [0.1, 0.15) is 5.69 Å². The zero-order chi connectivity index (χ0) is 13.0. The Hall–Kier alpha value is -1.10. The average molecular weight is 312 g/mol. The minimum absolute atomic E-state index is 0.0414. The van der Waals surface area contributed by atoms with Gasteiger partial charge in [0.2, 0.25) is 0 Å². The van der Waals surface area contributed by atoms with E-state index in [0.717, 1.165) is 17.4 Å². The van der Waals surface area contributed by atoms with Crippen molar-refractivity contribution in [1.82, 2.24) is 9.78 Å². The average Bonchev–Trinajstić information content (AvgIpc) is 2.30. The van der Waals surface area contributed by atoms with E-state index in [1.807, 2.05) is 6.08 Å². The van der Waals surface area contributed by atoms with Crippen molar-refractivity contribution in [2.45, 2.75) is 32.2 Å². The van der Waals surface area contributed by atoms with Gasteiger partial charge in [0, 0.05) is 13.1 Å². The van der Waals surface area contributed by atoms with Crippen molar-refractivity contribution in [3.05, 3.63) is 33.7 Å². The van der Waals surface area contributed by atoms with Crippen LogP contribution in [0.2, 0.25) is 0 Å². The van der Waals surface area contributed by atoms with Crippen LogP contribution in [0.15, 0.2) is 28.1 Å². The lowest BCUT2D eigenvalue weighted by atomic mass is 9.85. The Morgan fingerprint density at radius 3 is 3.00 bits per heavy atom. The molecule has 98 valence electrons. The van der Waals surface area contributed by atoms with Gasteiger partial charge >= 0.3 is 0 Å². The highest BCUT2D eigenvalue weighted by atomic mass is 79.9. The number of aromatic nitrogens is 2. The molecular weight excluding hydrogens is 294 g/mol. The number of nitrogens with one attached hydrogen (secondary N) is 1. The Kier molecular flexibility index (Phi) is 4.58. The minimum Gasteiger partial charge on any atom is -0.379 e. The highest BCUT2D eigenvalue weighted by molar-refractivity contribution is 9.10. The summed E-state index contributed by atoms with van der Waals surface area (Å²) >= 11 is 3.37. The van der Waals surface area contributed by atoms with Crippen molar-refractivity contribution in [2.75, 3.05) is 11.9 Å². The van der Waals surface area contributed by atoms with E-state index in [0.29, 0.717) is 18.2 Å². The Labute approximate surface area is 115 Å². The molecule has 0 unspecified atom stereocenters. The van der Waals surface area contributed by atoms with Gasteiger partial charge in [-0.25, -0.2) is 4.68 Å². The molecule has 4 nitrogen and oxygen atoms in total. The van der Waals surface area contributed by atoms with Crippen LogP contribution in [-0.2, 0) is 6.54 Å². The van der Waals surface area contributed by atoms with Gasteiger partial charge in [0.15, 0.2) is 0 Å². The number of hydrogen-bond donors (Lipinski definition) is 1. The number of anilines is 1. The Morgan fingerprint density at radius 1 is 1.61 bits per heavy atom. The van der Waals surface area contributed by atoms with Gasteiger partial charge in [-0.15, -0.1) is 6.58 Å². The number of halogens is 1. The molecule has 0 saturated heterocycles. The van der Waals surface area contributed by atoms with E-state index in [9.17, 15) is 4.79 Å². The molecule has 0 spiro atoms. The molecule has 18 heavy (non-hydrogen) atoms. The van der Waals surface area contributed by atoms with E-state index in [1.165, 1.54) is 19.3 Å². The molecular formula is C13H18BrN3O. The maximum absolute atomic E-state index is 12.2. The van der Waals surface area contributed by atoms with Crippen molar-refractivity contribution < 1.29 is 0 Å². The third-order valence-electron chi connectivity index (χ3n) is 3.30. The first kappa shape index (κ1) is 13.3. The van der Waals surface area contributed by atoms with Gasteiger partial charge in [0.25, 0.3) is 5.56 Å². The summed E-state index contributed by atoms with van der Waals surface area (Å²) in [6, 6.07) is 0. The number of hydrogen-bond acceptors (Lipinski definition) is 3. The number of nitrogens with zero attached hydrogens (tertiary/aromatic N) is 2. The molecule has 1 aliphatic carbocycles. The second kappa shape index (κ2) is 6.18. The van der Waals surface area contributed by atoms with E-state index in [2.05, 4.69) is 32.9 Å². The molecule has 1 aromatic heterocycles. The molecule has 0 atom stereocenters. The molecule has 1 aliphatic rings. The summed E-state index contributed by atoms with van der Waals surface area (Å²) in [5.41, 5.74) is 0.562. The predicted molar refractivity (Wildman–Crippen MR) is 76.8 cm³/mol. The van der Waals surface area contributed by atoms with E-state index in [-0.39, 0.29) is 5.56 Å². The quantitative estimate of drug-likeness (QED) is 0.649. The molecule has 0 bridgehead atoms. The second-order valence-electron chi connectivity index (χ2n) is 4.66. The standard InChI is InChI=1S/C13H18BrN3O/c1-2-3-7-15-12-11(14)8-16-17(13(12)18)9-10-5-4-6-10/h2,8,10,15H,1,3-7,9H2. The van der Waals surface area contributed by atoms with Crippen LogP contribution in [0.25, 0.3) is 0 Å². The maximum atomic E-state index is 12.2. The van der Waals surface area contributed by atoms with Crippen LogP contribution < -0.4 is 10.9 Å². The van der Waals surface area contributed by atoms with Crippen molar-refractivity contribution in [1.29, 1.82) is 0 Å². The Bertz CT molecular complexity index is 480. The van der Waals surface area contributed by atoms with Gasteiger partial charge in [-0.1, -0.05) is 12.5 Å². The minimum atomic E-state index is -0.0414. The fraction of sp³-hybridized carbons (Fsp3) is 0.538. The largest absolute Gasteiger partial charge is 0.379 e. The van der Waals surface area contributed by atoms with Crippen LogP contribution in [0, 0.1) is 5.92 Å². The molecule has 0 aromatic carbocycles. The normalized spacial score (nSPS) is 15.2. The first-order chi connectivity index (χ1) is 8.72. The van der Waals surface area contributed by atoms with Gasteiger partial charge in [0.05, 0.1) is 10.7 Å². The maximum Gasteiger partial charge on any atom is 0.291 e. The van der Waals surface area contributed by atoms with Gasteiger partial charge in [-0.3, -0.25) is 4.79 Å². The van der Waals surface area contributed by atoms with Gasteiger partial charge in [-0.05, 0) is 41.1 Å². The molecule has 1 saturated carbocycles. The Balaban J connectivity index is 2.13. The van der Waals surface area contributed by atoms with E-state index in [1.54, 1.807) is 10.9 Å². The fourth-order valence-electron chi connectivity index (χ4n) is 1.98. The molecule has 1 fully saturated rings. The molecule has 1 aromatic rings. The molecule has 0 radical (unpaired) electrons. The number of rotatable bonds is 6. The van der Waals surface area contributed by atoms with E-state index in [4.69, 9.17) is 0 Å². The predicted octanol–water partition coefficient (Wildman–Crippen LogP) is 2.79. The summed E-state index contributed by atoms with van der Waals surface area (Å²) in [5.74, 6) is 0.623. The lowest BCUT2D eigenvalue weighted by Crippen LogP contribution is -2.31. The summed E-state index contributed by atoms with van der Waals surface area (Å²) in [6.45, 7) is 5.12.